The van der Waals surface area contributed by atoms with Gasteiger partial charge in [-0.15, -0.1) is 21.3 Å². The van der Waals surface area contributed by atoms with Crippen LogP contribution >= 0.6 is 11.3 Å². The topological polar surface area (TPSA) is 110 Å². The van der Waals surface area contributed by atoms with Crippen LogP contribution < -0.4 is 20.3 Å². The maximum absolute atomic E-state index is 12.3. The Morgan fingerprint density at radius 1 is 1.17 bits per heavy atom. The Morgan fingerprint density at radius 2 is 2.03 bits per heavy atom. The molecule has 186 valence electrons. The summed E-state index contributed by atoms with van der Waals surface area (Å²) in [5.74, 6) is 1.64. The molecule has 0 amide bonds. The van der Waals surface area contributed by atoms with Gasteiger partial charge in [0.15, 0.2) is 6.33 Å². The maximum Gasteiger partial charge on any atom is 0.388 e. The van der Waals surface area contributed by atoms with E-state index in [1.54, 1.807) is 17.4 Å². The van der Waals surface area contributed by atoms with Crippen molar-refractivity contribution in [1.82, 2.24) is 35.1 Å². The first-order chi connectivity index (χ1) is 17.7. The summed E-state index contributed by atoms with van der Waals surface area (Å²) in [5.41, 5.74) is 2.83. The number of H-pyrrole nitrogens is 2. The van der Waals surface area contributed by atoms with Crippen LogP contribution in [0, 0.1) is 0 Å². The summed E-state index contributed by atoms with van der Waals surface area (Å²) in [6.45, 7) is 6.58. The minimum atomic E-state index is -0.0890. The summed E-state index contributed by atoms with van der Waals surface area (Å²) >= 11 is 1.60. The largest absolute Gasteiger partial charge is 0.388 e. The van der Waals surface area contributed by atoms with Crippen molar-refractivity contribution in [3.05, 3.63) is 70.4 Å². The van der Waals surface area contributed by atoms with Crippen LogP contribution in [-0.4, -0.2) is 69.1 Å². The van der Waals surface area contributed by atoms with Gasteiger partial charge < -0.3 is 15.2 Å². The highest BCUT2D eigenvalue weighted by Gasteiger charge is 2.25. The normalized spacial score (nSPS) is 19.0. The molecule has 0 spiro atoms. The Balaban J connectivity index is 1.12. The molecule has 4 aromatic heterocycles. The third-order valence-corrected chi connectivity index (χ3v) is 7.73. The van der Waals surface area contributed by atoms with Crippen LogP contribution in [0.3, 0.4) is 0 Å². The molecule has 36 heavy (non-hydrogen) atoms. The molecule has 6 rings (SSSR count). The Morgan fingerprint density at radius 3 is 2.83 bits per heavy atom. The van der Waals surface area contributed by atoms with E-state index in [1.807, 2.05) is 40.8 Å². The Labute approximate surface area is 213 Å². The standard InChI is InChI=1S/C25H29N9OS/c35-23-11-21(22-4-2-10-36-22)30-24(31-23)18-3-1-7-32(14-18)15-19-16-34(17-29-19)25-27-12-20(13-28-25)33-8-5-26-6-9-33/h2,4,10-13,16-18,26H,1,3,5-9,14-15H2,(H,30,31,35)/p+1. The minimum absolute atomic E-state index is 0.0890. The van der Waals surface area contributed by atoms with Crippen molar-refractivity contribution in [3.8, 4) is 16.5 Å². The molecule has 10 nitrogen and oxygen atoms in total. The molecule has 6 heterocycles. The molecule has 2 saturated heterocycles. The summed E-state index contributed by atoms with van der Waals surface area (Å²) in [6.07, 6.45) is 9.85. The summed E-state index contributed by atoms with van der Waals surface area (Å²) in [5, 5.41) is 5.38. The molecule has 0 radical (unpaired) electrons. The average Bonchev–Trinajstić information content (AvgIpc) is 3.62. The second kappa shape index (κ2) is 10.3. The van der Waals surface area contributed by atoms with E-state index in [0.717, 1.165) is 86.4 Å². The van der Waals surface area contributed by atoms with E-state index in [2.05, 4.69) is 41.2 Å². The van der Waals surface area contributed by atoms with Gasteiger partial charge in [0, 0.05) is 44.7 Å². The number of nitrogens with one attached hydrogen (secondary N) is 3. The highest BCUT2D eigenvalue weighted by atomic mass is 32.1. The van der Waals surface area contributed by atoms with Crippen molar-refractivity contribution in [3.63, 3.8) is 0 Å². The van der Waals surface area contributed by atoms with Gasteiger partial charge in [-0.2, -0.15) is 4.57 Å². The zero-order chi connectivity index (χ0) is 24.3. The first kappa shape index (κ1) is 23.0. The molecule has 0 saturated carbocycles. The predicted octanol–water partition coefficient (Wildman–Crippen LogP) is 1.68. The highest BCUT2D eigenvalue weighted by molar-refractivity contribution is 7.13. The molecule has 0 aliphatic carbocycles. The molecule has 1 atom stereocenters. The van der Waals surface area contributed by atoms with Gasteiger partial charge >= 0.3 is 5.95 Å². The molecule has 2 aliphatic rings. The molecule has 1 unspecified atom stereocenters. The van der Waals surface area contributed by atoms with Crippen LogP contribution in [0.4, 0.5) is 5.69 Å². The first-order valence-corrected chi connectivity index (χ1v) is 13.3. The van der Waals surface area contributed by atoms with Crippen LogP contribution in [0.1, 0.15) is 30.3 Å². The zero-order valence-corrected chi connectivity index (χ0v) is 20.9. The van der Waals surface area contributed by atoms with E-state index >= 15 is 0 Å². The summed E-state index contributed by atoms with van der Waals surface area (Å²) in [6, 6.07) is 5.58. The number of piperidine rings is 1. The smallest absolute Gasteiger partial charge is 0.365 e. The predicted molar refractivity (Wildman–Crippen MR) is 138 cm³/mol. The number of piperazine rings is 1. The Hall–Kier alpha value is -3.41. The van der Waals surface area contributed by atoms with Gasteiger partial charge in [-0.25, -0.2) is 4.98 Å². The number of hydrogen-bond acceptors (Lipinski definition) is 8. The van der Waals surface area contributed by atoms with Gasteiger partial charge in [0.1, 0.15) is 23.9 Å². The van der Waals surface area contributed by atoms with E-state index in [0.29, 0.717) is 5.95 Å². The van der Waals surface area contributed by atoms with Crippen molar-refractivity contribution >= 4 is 17.0 Å². The van der Waals surface area contributed by atoms with Gasteiger partial charge in [-0.05, 0) is 30.8 Å². The number of hydrogen-bond donors (Lipinski definition) is 3. The number of imidazole rings is 1. The van der Waals surface area contributed by atoms with Crippen molar-refractivity contribution < 1.29 is 4.57 Å². The number of nitrogens with zero attached hydrogens (tertiary/aromatic N) is 6. The number of rotatable bonds is 6. The van der Waals surface area contributed by atoms with Crippen LogP contribution in [-0.2, 0) is 6.54 Å². The Bertz CT molecular complexity index is 1340. The van der Waals surface area contributed by atoms with Crippen LogP contribution in [0.15, 0.2) is 53.3 Å². The van der Waals surface area contributed by atoms with E-state index in [1.165, 1.54) is 0 Å². The van der Waals surface area contributed by atoms with Crippen LogP contribution in [0.25, 0.3) is 16.5 Å². The van der Waals surface area contributed by atoms with E-state index < -0.39 is 0 Å². The third-order valence-electron chi connectivity index (χ3n) is 6.84. The van der Waals surface area contributed by atoms with E-state index in [9.17, 15) is 4.79 Å². The average molecular weight is 505 g/mol. The number of likely N-dealkylation sites (tertiary alicyclic amines) is 1. The molecule has 4 aromatic rings. The highest BCUT2D eigenvalue weighted by Crippen LogP contribution is 2.27. The van der Waals surface area contributed by atoms with Gasteiger partial charge in [0.25, 0.3) is 5.56 Å². The van der Waals surface area contributed by atoms with Gasteiger partial charge in [0.2, 0.25) is 0 Å². The van der Waals surface area contributed by atoms with E-state index in [-0.39, 0.29) is 11.5 Å². The number of thiophene rings is 1. The number of anilines is 1. The lowest BCUT2D eigenvalue weighted by atomic mass is 9.97. The molecule has 2 fully saturated rings. The summed E-state index contributed by atoms with van der Waals surface area (Å²) in [7, 11) is 0. The molecular formula is C25H30N9OS+. The van der Waals surface area contributed by atoms with Crippen molar-refractivity contribution in [2.75, 3.05) is 44.2 Å². The van der Waals surface area contributed by atoms with Crippen LogP contribution in [0.5, 0.6) is 0 Å². The first-order valence-electron chi connectivity index (χ1n) is 12.5. The quantitative estimate of drug-likeness (QED) is 0.343. The molecule has 11 heteroatoms. The number of aromatic amines is 2. The monoisotopic (exact) mass is 504 g/mol. The number of aromatic nitrogens is 6. The fourth-order valence-electron chi connectivity index (χ4n) is 5.01. The SMILES string of the molecule is O=c1cc(-c2cccs2)nc(C2CCCN(Cc3c[n+](-c4ncc(N5CCNCC5)cn4)c[nH]3)C2)[nH]1. The zero-order valence-electron chi connectivity index (χ0n) is 20.1. The molecule has 0 bridgehead atoms. The van der Waals surface area contributed by atoms with Gasteiger partial charge in [-0.3, -0.25) is 14.7 Å². The molecule has 3 N–H and O–H groups in total. The molecule has 2 aliphatic heterocycles. The van der Waals surface area contributed by atoms with Gasteiger partial charge in [-0.1, -0.05) is 6.07 Å². The van der Waals surface area contributed by atoms with Crippen molar-refractivity contribution in [2.45, 2.75) is 25.3 Å². The Kier molecular flexibility index (Phi) is 6.58. The molecular weight excluding hydrogens is 474 g/mol. The lowest BCUT2D eigenvalue weighted by molar-refractivity contribution is -0.602. The lowest BCUT2D eigenvalue weighted by Gasteiger charge is -2.31. The van der Waals surface area contributed by atoms with Crippen molar-refractivity contribution in [1.29, 1.82) is 0 Å². The van der Waals surface area contributed by atoms with E-state index in [4.69, 9.17) is 4.98 Å². The van der Waals surface area contributed by atoms with Gasteiger partial charge in [0.05, 0.1) is 29.0 Å². The van der Waals surface area contributed by atoms with Crippen molar-refractivity contribution in [2.24, 2.45) is 0 Å². The molecule has 0 aromatic carbocycles. The summed E-state index contributed by atoms with van der Waals surface area (Å²) in [4.78, 5) is 38.4. The third kappa shape index (κ3) is 5.08. The fourth-order valence-corrected chi connectivity index (χ4v) is 5.70. The summed E-state index contributed by atoms with van der Waals surface area (Å²) < 4.78 is 1.93. The fraction of sp³-hybridized carbons (Fsp3) is 0.400. The maximum atomic E-state index is 12.3. The second-order valence-electron chi connectivity index (χ2n) is 9.38. The second-order valence-corrected chi connectivity index (χ2v) is 10.3. The van der Waals surface area contributed by atoms with Crippen LogP contribution in [0.2, 0.25) is 0 Å². The minimum Gasteiger partial charge on any atom is -0.365 e. The lowest BCUT2D eigenvalue weighted by Crippen LogP contribution is -2.43.